The SMILES string of the molecule is CCOC(=O)Cn1c(=O)c2c(nc3n(CCc4ccccc4)c(C)c(C)n23)n(C)c1=O. The summed E-state index contributed by atoms with van der Waals surface area (Å²) in [5.74, 6) is -0.0305. The number of carbonyl (C=O) groups is 1. The number of hydrogen-bond acceptors (Lipinski definition) is 5. The van der Waals surface area contributed by atoms with Crippen molar-refractivity contribution in [2.75, 3.05) is 6.61 Å². The third kappa shape index (κ3) is 3.35. The standard InChI is InChI=1S/C22H25N5O4/c1-5-31-17(28)13-26-20(29)18-19(24(4)22(26)30)23-21-25(14(2)15(3)27(18)21)12-11-16-9-7-6-8-10-16/h6-10H,5,11-13H2,1-4H3. The summed E-state index contributed by atoms with van der Waals surface area (Å²) < 4.78 is 11.0. The van der Waals surface area contributed by atoms with Crippen molar-refractivity contribution in [2.24, 2.45) is 7.05 Å². The van der Waals surface area contributed by atoms with Gasteiger partial charge in [-0.25, -0.2) is 9.36 Å². The van der Waals surface area contributed by atoms with Gasteiger partial charge in [0, 0.05) is 25.0 Å². The summed E-state index contributed by atoms with van der Waals surface area (Å²) in [6.45, 7) is 6.00. The normalized spacial score (nSPS) is 11.5. The first kappa shape index (κ1) is 20.6. The van der Waals surface area contributed by atoms with Gasteiger partial charge in [-0.3, -0.25) is 18.6 Å². The van der Waals surface area contributed by atoms with Crippen LogP contribution in [0.5, 0.6) is 0 Å². The second-order valence-electron chi connectivity index (χ2n) is 7.52. The Labute approximate surface area is 178 Å². The lowest BCUT2D eigenvalue weighted by Crippen LogP contribution is -2.41. The number of carbonyl (C=O) groups excluding carboxylic acids is 1. The first-order valence-electron chi connectivity index (χ1n) is 10.2. The van der Waals surface area contributed by atoms with E-state index in [4.69, 9.17) is 4.74 Å². The van der Waals surface area contributed by atoms with E-state index in [1.54, 1.807) is 18.4 Å². The van der Waals surface area contributed by atoms with E-state index in [-0.39, 0.29) is 12.1 Å². The van der Waals surface area contributed by atoms with Gasteiger partial charge in [0.25, 0.3) is 5.56 Å². The van der Waals surface area contributed by atoms with Crippen molar-refractivity contribution >= 4 is 22.9 Å². The minimum atomic E-state index is -0.629. The maximum atomic E-state index is 13.2. The Bertz CT molecular complexity index is 1410. The first-order valence-corrected chi connectivity index (χ1v) is 10.2. The van der Waals surface area contributed by atoms with Crippen LogP contribution in [0.2, 0.25) is 0 Å². The highest BCUT2D eigenvalue weighted by molar-refractivity contribution is 5.77. The molecule has 3 heterocycles. The Morgan fingerprint density at radius 1 is 1.06 bits per heavy atom. The van der Waals surface area contributed by atoms with Gasteiger partial charge in [0.1, 0.15) is 6.54 Å². The van der Waals surface area contributed by atoms with Crippen molar-refractivity contribution in [3.63, 3.8) is 0 Å². The average Bonchev–Trinajstić information content (AvgIpc) is 3.25. The molecule has 0 bridgehead atoms. The van der Waals surface area contributed by atoms with Gasteiger partial charge >= 0.3 is 11.7 Å². The van der Waals surface area contributed by atoms with Gasteiger partial charge < -0.3 is 9.30 Å². The van der Waals surface area contributed by atoms with Crippen LogP contribution in [0.1, 0.15) is 23.9 Å². The zero-order valence-corrected chi connectivity index (χ0v) is 18.1. The first-order chi connectivity index (χ1) is 14.8. The predicted molar refractivity (Wildman–Crippen MR) is 116 cm³/mol. The van der Waals surface area contributed by atoms with Gasteiger partial charge in [-0.15, -0.1) is 0 Å². The fourth-order valence-corrected chi connectivity index (χ4v) is 3.94. The second kappa shape index (κ2) is 7.90. The van der Waals surface area contributed by atoms with Gasteiger partial charge in [-0.2, -0.15) is 4.98 Å². The molecule has 9 nitrogen and oxygen atoms in total. The van der Waals surface area contributed by atoms with Gasteiger partial charge in [-0.1, -0.05) is 30.3 Å². The molecule has 162 valence electrons. The molecule has 0 radical (unpaired) electrons. The molecule has 0 saturated heterocycles. The van der Waals surface area contributed by atoms with Crippen molar-refractivity contribution < 1.29 is 9.53 Å². The number of rotatable bonds is 6. The molecule has 4 aromatic rings. The van der Waals surface area contributed by atoms with Crippen molar-refractivity contribution in [2.45, 2.75) is 40.3 Å². The lowest BCUT2D eigenvalue weighted by atomic mass is 10.1. The minimum absolute atomic E-state index is 0.176. The van der Waals surface area contributed by atoms with Crippen LogP contribution < -0.4 is 11.2 Å². The number of hydrogen-bond donors (Lipinski definition) is 0. The van der Waals surface area contributed by atoms with E-state index in [0.717, 1.165) is 22.4 Å². The highest BCUT2D eigenvalue weighted by Crippen LogP contribution is 2.21. The van der Waals surface area contributed by atoms with Crippen LogP contribution in [0.4, 0.5) is 0 Å². The summed E-state index contributed by atoms with van der Waals surface area (Å²) in [6, 6.07) is 10.1. The van der Waals surface area contributed by atoms with Crippen LogP contribution in [0.15, 0.2) is 39.9 Å². The third-order valence-electron chi connectivity index (χ3n) is 5.69. The van der Waals surface area contributed by atoms with Crippen LogP contribution in [-0.2, 0) is 36.1 Å². The molecule has 1 aromatic carbocycles. The molecule has 0 aliphatic heterocycles. The number of nitrogens with zero attached hydrogens (tertiary/aromatic N) is 5. The smallest absolute Gasteiger partial charge is 0.333 e. The Kier molecular flexibility index (Phi) is 5.26. The fourth-order valence-electron chi connectivity index (χ4n) is 3.94. The van der Waals surface area contributed by atoms with E-state index < -0.39 is 23.8 Å². The molecule has 0 spiro atoms. The maximum absolute atomic E-state index is 13.2. The zero-order valence-electron chi connectivity index (χ0n) is 18.1. The monoisotopic (exact) mass is 423 g/mol. The van der Waals surface area contributed by atoms with Crippen LogP contribution in [0, 0.1) is 13.8 Å². The van der Waals surface area contributed by atoms with E-state index >= 15 is 0 Å². The molecule has 4 rings (SSSR count). The van der Waals surface area contributed by atoms with Gasteiger partial charge in [0.2, 0.25) is 5.78 Å². The molecule has 31 heavy (non-hydrogen) atoms. The molecule has 0 atom stereocenters. The molecular formula is C22H25N5O4. The zero-order chi connectivity index (χ0) is 22.3. The van der Waals surface area contributed by atoms with E-state index in [2.05, 4.69) is 21.7 Å². The summed E-state index contributed by atoms with van der Waals surface area (Å²) in [6.07, 6.45) is 0.806. The molecule has 0 unspecified atom stereocenters. The molecule has 0 aliphatic carbocycles. The van der Waals surface area contributed by atoms with E-state index in [1.807, 2.05) is 32.0 Å². The third-order valence-corrected chi connectivity index (χ3v) is 5.69. The van der Waals surface area contributed by atoms with Gasteiger partial charge in [0.05, 0.1) is 6.61 Å². The second-order valence-corrected chi connectivity index (χ2v) is 7.52. The van der Waals surface area contributed by atoms with E-state index in [0.29, 0.717) is 18.0 Å². The van der Waals surface area contributed by atoms with Crippen LogP contribution in [0.25, 0.3) is 16.9 Å². The van der Waals surface area contributed by atoms with Gasteiger partial charge in [-0.05, 0) is 32.8 Å². The topological polar surface area (TPSA) is 92.5 Å². The number of aromatic nitrogens is 5. The highest BCUT2D eigenvalue weighted by atomic mass is 16.5. The lowest BCUT2D eigenvalue weighted by molar-refractivity contribution is -0.143. The molecule has 0 aliphatic rings. The van der Waals surface area contributed by atoms with E-state index in [1.165, 1.54) is 10.1 Å². The molecule has 0 amide bonds. The van der Waals surface area contributed by atoms with E-state index in [9.17, 15) is 14.4 Å². The number of ether oxygens (including phenoxy) is 1. The Morgan fingerprint density at radius 3 is 2.45 bits per heavy atom. The molecule has 0 saturated carbocycles. The largest absolute Gasteiger partial charge is 0.465 e. The summed E-state index contributed by atoms with van der Waals surface area (Å²) in [4.78, 5) is 42.6. The summed E-state index contributed by atoms with van der Waals surface area (Å²) >= 11 is 0. The number of benzene rings is 1. The van der Waals surface area contributed by atoms with Crippen LogP contribution in [0.3, 0.4) is 0 Å². The summed E-state index contributed by atoms with van der Waals surface area (Å²) in [7, 11) is 1.55. The number of fused-ring (bicyclic) bond motifs is 3. The quantitative estimate of drug-likeness (QED) is 0.439. The summed E-state index contributed by atoms with van der Waals surface area (Å²) in [5, 5.41) is 0. The molecule has 0 fully saturated rings. The molecule has 0 N–H and O–H groups in total. The minimum Gasteiger partial charge on any atom is -0.465 e. The molecule has 3 aromatic heterocycles. The van der Waals surface area contributed by atoms with Crippen molar-refractivity contribution in [3.8, 4) is 0 Å². The fraction of sp³-hybridized carbons (Fsp3) is 0.364. The summed E-state index contributed by atoms with van der Waals surface area (Å²) in [5.41, 5.74) is 2.47. The van der Waals surface area contributed by atoms with Gasteiger partial charge in [0.15, 0.2) is 11.2 Å². The number of esters is 1. The van der Waals surface area contributed by atoms with Crippen molar-refractivity contribution in [1.29, 1.82) is 0 Å². The maximum Gasteiger partial charge on any atom is 0.333 e. The van der Waals surface area contributed by atoms with Crippen molar-refractivity contribution in [1.82, 2.24) is 23.1 Å². The van der Waals surface area contributed by atoms with Crippen molar-refractivity contribution in [3.05, 3.63) is 68.1 Å². The number of imidazole rings is 2. The average molecular weight is 423 g/mol. The Morgan fingerprint density at radius 2 is 1.77 bits per heavy atom. The number of aryl methyl sites for hydroxylation is 4. The molecular weight excluding hydrogens is 398 g/mol. The molecule has 9 heteroatoms. The Balaban J connectivity index is 1.90. The van der Waals surface area contributed by atoms with Crippen LogP contribution in [-0.4, -0.2) is 35.7 Å². The Hall–Kier alpha value is -3.62. The predicted octanol–water partition coefficient (Wildman–Crippen LogP) is 1.57. The van der Waals surface area contributed by atoms with Crippen LogP contribution >= 0.6 is 0 Å². The highest BCUT2D eigenvalue weighted by Gasteiger charge is 2.23. The lowest BCUT2D eigenvalue weighted by Gasteiger charge is -2.08.